The Hall–Kier alpha value is -0.122. The van der Waals surface area contributed by atoms with E-state index in [1.807, 2.05) is 0 Å². The summed E-state index contributed by atoms with van der Waals surface area (Å²) in [7, 11) is 0. The molecule has 0 N–H and O–H groups in total. The van der Waals surface area contributed by atoms with Crippen molar-refractivity contribution in [2.75, 3.05) is 19.6 Å². The molecule has 0 radical (unpaired) electrons. The van der Waals surface area contributed by atoms with Gasteiger partial charge >= 0.3 is 21.1 Å². The molecule has 4 nitrogen and oxygen atoms in total. The molecule has 0 spiro atoms. The summed E-state index contributed by atoms with van der Waals surface area (Å²) >= 11 is 0. The number of benzene rings is 1. The molecule has 6 atom stereocenters. The van der Waals surface area contributed by atoms with Crippen LogP contribution in [0.2, 0.25) is 0 Å². The van der Waals surface area contributed by atoms with E-state index in [1.54, 1.807) is 0 Å². The molecule has 3 saturated carbocycles. The van der Waals surface area contributed by atoms with Crippen LogP contribution in [-0.2, 0) is 27.6 Å². The molecule has 0 amide bonds. The summed E-state index contributed by atoms with van der Waals surface area (Å²) in [5.74, 6) is 1.93. The van der Waals surface area contributed by atoms with Crippen molar-refractivity contribution in [3.05, 3.63) is 51.1 Å². The second kappa shape index (κ2) is 14.6. The first kappa shape index (κ1) is 28.4. The van der Waals surface area contributed by atoms with Gasteiger partial charge in [0.2, 0.25) is 0 Å². The molecule has 0 saturated heterocycles. The normalized spacial score (nSPS) is 34.9. The Balaban J connectivity index is 0.00000162. The van der Waals surface area contributed by atoms with Crippen molar-refractivity contribution in [3.8, 4) is 0 Å². The molecular weight excluding hydrogens is 623 g/mol. The first-order valence-corrected chi connectivity index (χ1v) is 13.6. The van der Waals surface area contributed by atoms with Crippen LogP contribution < -0.4 is 12.4 Å². The van der Waals surface area contributed by atoms with E-state index in [-0.39, 0.29) is 33.5 Å². The van der Waals surface area contributed by atoms with Gasteiger partial charge in [0.1, 0.15) is 0 Å². The fourth-order valence-electron chi connectivity index (χ4n) is 6.70. The summed E-state index contributed by atoms with van der Waals surface area (Å²) < 4.78 is 0. The van der Waals surface area contributed by atoms with Crippen molar-refractivity contribution >= 4 is 5.69 Å². The van der Waals surface area contributed by atoms with Crippen LogP contribution in [0.1, 0.15) is 82.6 Å². The number of para-hydroxylation sites is 1. The van der Waals surface area contributed by atoms with Gasteiger partial charge in [-0.05, 0) is 0 Å². The van der Waals surface area contributed by atoms with E-state index in [2.05, 4.69) is 24.3 Å². The minimum absolute atomic E-state index is 0. The van der Waals surface area contributed by atoms with Gasteiger partial charge < -0.3 is 33.7 Å². The van der Waals surface area contributed by atoms with Crippen LogP contribution in [0.4, 0.5) is 5.69 Å². The van der Waals surface area contributed by atoms with E-state index >= 15 is 0 Å². The predicted molar refractivity (Wildman–Crippen MR) is 135 cm³/mol. The molecule has 5 rings (SSSR count). The van der Waals surface area contributed by atoms with E-state index < -0.39 is 0 Å². The Bertz CT molecular complexity index is 660. The second-order valence-electron chi connectivity index (χ2n) is 10.9. The van der Waals surface area contributed by atoms with Gasteiger partial charge in [0.25, 0.3) is 0 Å². The first-order valence-electron chi connectivity index (χ1n) is 13.6. The van der Waals surface area contributed by atoms with Gasteiger partial charge in [-0.25, -0.2) is 0 Å². The van der Waals surface area contributed by atoms with Gasteiger partial charge in [-0.2, -0.15) is 0 Å². The molecule has 1 aliphatic heterocycles. The molecule has 6 unspecified atom stereocenters. The molecular formula is C28H42ClN4Pt-3. The van der Waals surface area contributed by atoms with E-state index in [9.17, 15) is 0 Å². The largest absolute Gasteiger partial charge is 2.00 e. The van der Waals surface area contributed by atoms with E-state index in [0.717, 1.165) is 31.9 Å². The second-order valence-corrected chi connectivity index (χ2v) is 10.9. The fourth-order valence-corrected chi connectivity index (χ4v) is 6.70. The molecule has 3 aliphatic carbocycles. The molecule has 0 bridgehead atoms. The van der Waals surface area contributed by atoms with Crippen LogP contribution in [0.25, 0.3) is 21.3 Å². The molecule has 34 heavy (non-hydrogen) atoms. The summed E-state index contributed by atoms with van der Waals surface area (Å²) in [4.78, 5) is 0. The van der Waals surface area contributed by atoms with Gasteiger partial charge in [0.05, 0.1) is 0 Å². The van der Waals surface area contributed by atoms with Crippen LogP contribution in [-0.4, -0.2) is 37.8 Å². The predicted octanol–water partition coefficient (Wildman–Crippen LogP) is 5.00. The van der Waals surface area contributed by atoms with Crippen LogP contribution in [0.3, 0.4) is 0 Å². The van der Waals surface area contributed by atoms with Crippen LogP contribution >= 0.6 is 0 Å². The molecule has 0 aromatic heterocycles. The number of hydrogen-bond acceptors (Lipinski definition) is 0. The molecule has 3 fully saturated rings. The number of rotatable bonds is 0. The van der Waals surface area contributed by atoms with Gasteiger partial charge in [0, 0.05) is 0 Å². The number of fused-ring (bicyclic) bond motifs is 4. The Morgan fingerprint density at radius 3 is 1.62 bits per heavy atom. The molecule has 194 valence electrons. The van der Waals surface area contributed by atoms with Crippen molar-refractivity contribution in [1.29, 1.82) is 0 Å². The van der Waals surface area contributed by atoms with Crippen LogP contribution in [0.5, 0.6) is 0 Å². The van der Waals surface area contributed by atoms with Crippen molar-refractivity contribution < 1.29 is 33.5 Å². The third-order valence-corrected chi connectivity index (χ3v) is 8.74. The van der Waals surface area contributed by atoms with Crippen molar-refractivity contribution in [2.24, 2.45) is 17.8 Å². The van der Waals surface area contributed by atoms with Crippen molar-refractivity contribution in [3.63, 3.8) is 0 Å². The average Bonchev–Trinajstić information content (AvgIpc) is 2.85. The van der Waals surface area contributed by atoms with Gasteiger partial charge in [-0.1, -0.05) is 125 Å². The zero-order valence-electron chi connectivity index (χ0n) is 20.6. The summed E-state index contributed by atoms with van der Waals surface area (Å²) in [5, 5.41) is 21.1. The van der Waals surface area contributed by atoms with E-state index in [4.69, 9.17) is 21.3 Å². The standard InChI is InChI=1S/C28H42N4.ClH.Pt/c1-5-13-25-21(9-1)17-29-26-14-6-2-11-23(26)19-31-28-16-8-4-12-24(28)20-32-27-15-7-3-10-22(27)18-30-25;;/h1,5,9,13,22-24,26-28H,2-4,6-8,10-12,14-20H2;1H;/q-4;;+2/p-1. The smallest absolute Gasteiger partial charge is 1.00 e. The number of halogens is 1. The molecule has 1 aromatic carbocycles. The van der Waals surface area contributed by atoms with E-state index in [0.29, 0.717) is 35.9 Å². The maximum Gasteiger partial charge on any atom is 2.00 e. The van der Waals surface area contributed by atoms with Gasteiger partial charge in [-0.15, -0.1) is 50.0 Å². The Labute approximate surface area is 228 Å². The monoisotopic (exact) mass is 664 g/mol. The van der Waals surface area contributed by atoms with Crippen molar-refractivity contribution in [1.82, 2.24) is 0 Å². The maximum absolute atomic E-state index is 5.37. The summed E-state index contributed by atoms with van der Waals surface area (Å²) in [5.41, 5.74) is 2.47. The quantitative estimate of drug-likeness (QED) is 0.375. The van der Waals surface area contributed by atoms with E-state index in [1.165, 1.54) is 82.6 Å². The minimum Gasteiger partial charge on any atom is -1.00 e. The minimum atomic E-state index is 0. The topological polar surface area (TPSA) is 56.4 Å². The number of nitrogens with zero attached hydrogens (tertiary/aromatic N) is 4. The zero-order chi connectivity index (χ0) is 21.6. The third kappa shape index (κ3) is 7.45. The summed E-state index contributed by atoms with van der Waals surface area (Å²) in [6.45, 7) is 3.79. The Kier molecular flexibility index (Phi) is 12.2. The molecule has 1 heterocycles. The summed E-state index contributed by atoms with van der Waals surface area (Å²) in [6.07, 6.45) is 15.8. The molecule has 1 aromatic rings. The van der Waals surface area contributed by atoms with Crippen molar-refractivity contribution in [2.45, 2.75) is 102 Å². The Morgan fingerprint density at radius 1 is 0.559 bits per heavy atom. The van der Waals surface area contributed by atoms with Gasteiger partial charge in [-0.3, -0.25) is 0 Å². The summed E-state index contributed by atoms with van der Waals surface area (Å²) in [6, 6.07) is 10.2. The molecule has 6 heteroatoms. The maximum atomic E-state index is 5.37. The van der Waals surface area contributed by atoms with Crippen LogP contribution in [0, 0.1) is 17.8 Å². The fraction of sp³-hybridized carbons (Fsp3) is 0.786. The SMILES string of the molecule is [Cl-].[Pt+2].c1ccc2c(c1)C[N-]C1CCCCC1C[N-]C1CCCCC1C[N-]C1CCCCC1C[N-]2. The number of hydrogen-bond donors (Lipinski definition) is 0. The average molecular weight is 665 g/mol. The van der Waals surface area contributed by atoms with Crippen LogP contribution in [0.15, 0.2) is 24.3 Å². The molecule has 4 aliphatic rings. The third-order valence-electron chi connectivity index (χ3n) is 8.74. The first-order chi connectivity index (χ1) is 15.9. The van der Waals surface area contributed by atoms with Gasteiger partial charge in [0.15, 0.2) is 0 Å². The Morgan fingerprint density at radius 2 is 1.03 bits per heavy atom. The zero-order valence-corrected chi connectivity index (χ0v) is 23.6.